The standard InChI is InChI=1S/C50H48O10/c1-3-57-43(51)29-59-49-39-19-9-20-40(49)26-36-16-6-12-32(46(36)54)24-34-14-8-18-38(48(34)56)28-42-22-10-21-41(50(42)60-30-44(52)58-4-2)27-37-17-7-13-33(47(37)55)23-31-11-5-15-35(25-39)45(31)53/h5-22,53-56H,3-4,23-30H2,1-2H3. The number of hydrogen-bond acceptors (Lipinski definition) is 10. The Morgan fingerprint density at radius 3 is 0.800 bits per heavy atom. The zero-order valence-electron chi connectivity index (χ0n) is 33.7. The van der Waals surface area contributed by atoms with E-state index in [1.54, 1.807) is 13.8 Å². The maximum atomic E-state index is 12.5. The Bertz CT molecular complexity index is 2200. The van der Waals surface area contributed by atoms with Gasteiger partial charge in [-0.1, -0.05) is 109 Å². The summed E-state index contributed by atoms with van der Waals surface area (Å²) < 4.78 is 22.7. The minimum Gasteiger partial charge on any atom is -0.507 e. The molecule has 10 nitrogen and oxygen atoms in total. The minimum atomic E-state index is -0.524. The van der Waals surface area contributed by atoms with Crippen LogP contribution in [0.15, 0.2) is 109 Å². The molecule has 6 aromatic rings. The molecule has 0 unspecified atom stereocenters. The molecule has 1 aliphatic carbocycles. The summed E-state index contributed by atoms with van der Waals surface area (Å²) in [7, 11) is 0. The Labute approximate surface area is 349 Å². The first-order chi connectivity index (χ1) is 29.1. The number of phenols is 4. The van der Waals surface area contributed by atoms with Crippen LogP contribution in [0.4, 0.5) is 0 Å². The van der Waals surface area contributed by atoms with Gasteiger partial charge in [0.1, 0.15) is 34.5 Å². The van der Waals surface area contributed by atoms with Gasteiger partial charge in [-0.2, -0.15) is 0 Å². The largest absolute Gasteiger partial charge is 0.507 e. The molecule has 0 saturated carbocycles. The fourth-order valence-electron chi connectivity index (χ4n) is 7.82. The zero-order valence-corrected chi connectivity index (χ0v) is 33.7. The van der Waals surface area contributed by atoms with Crippen LogP contribution in [0.5, 0.6) is 34.5 Å². The maximum absolute atomic E-state index is 12.5. The van der Waals surface area contributed by atoms with Crippen molar-refractivity contribution in [2.24, 2.45) is 0 Å². The molecule has 10 heteroatoms. The summed E-state index contributed by atoms with van der Waals surface area (Å²) in [6.45, 7) is 3.20. The molecule has 7 rings (SSSR count). The number of rotatable bonds is 8. The highest BCUT2D eigenvalue weighted by Crippen LogP contribution is 2.39. The van der Waals surface area contributed by atoms with Gasteiger partial charge in [-0.25, -0.2) is 9.59 Å². The molecule has 308 valence electrons. The number of fused-ring (bicyclic) bond motifs is 12. The molecule has 6 aromatic carbocycles. The number of aromatic hydroxyl groups is 4. The lowest BCUT2D eigenvalue weighted by molar-refractivity contribution is -0.146. The van der Waals surface area contributed by atoms with E-state index in [1.807, 2.05) is 109 Å². The van der Waals surface area contributed by atoms with Gasteiger partial charge in [-0.3, -0.25) is 0 Å². The highest BCUT2D eigenvalue weighted by Gasteiger charge is 2.22. The van der Waals surface area contributed by atoms with Crippen molar-refractivity contribution in [3.63, 3.8) is 0 Å². The smallest absolute Gasteiger partial charge is 0.344 e. The normalized spacial score (nSPS) is 12.4. The lowest BCUT2D eigenvalue weighted by Crippen LogP contribution is -2.16. The number of hydrogen-bond donors (Lipinski definition) is 4. The van der Waals surface area contributed by atoms with Gasteiger partial charge >= 0.3 is 11.9 Å². The molecule has 0 heterocycles. The molecule has 0 aromatic heterocycles. The second-order valence-corrected chi connectivity index (χ2v) is 14.8. The summed E-state index contributed by atoms with van der Waals surface area (Å²) in [5.74, 6) is 0.109. The molecule has 0 aliphatic heterocycles. The number of para-hydroxylation sites is 6. The van der Waals surface area contributed by atoms with Gasteiger partial charge in [0, 0.05) is 38.5 Å². The molecule has 0 amide bonds. The van der Waals surface area contributed by atoms with E-state index in [2.05, 4.69) is 0 Å². The van der Waals surface area contributed by atoms with E-state index in [1.165, 1.54) is 0 Å². The summed E-state index contributed by atoms with van der Waals surface area (Å²) >= 11 is 0. The van der Waals surface area contributed by atoms with Crippen molar-refractivity contribution in [1.82, 2.24) is 0 Å². The highest BCUT2D eigenvalue weighted by molar-refractivity contribution is 5.72. The molecule has 60 heavy (non-hydrogen) atoms. The summed E-state index contributed by atoms with van der Waals surface area (Å²) in [5.41, 5.74) is 7.71. The lowest BCUT2D eigenvalue weighted by Gasteiger charge is -2.19. The average Bonchev–Trinajstić information content (AvgIpc) is 3.23. The van der Waals surface area contributed by atoms with E-state index in [0.29, 0.717) is 78.3 Å². The van der Waals surface area contributed by atoms with E-state index < -0.39 is 11.9 Å². The summed E-state index contributed by atoms with van der Waals surface area (Å²) in [5, 5.41) is 46.9. The van der Waals surface area contributed by atoms with Crippen LogP contribution in [0.2, 0.25) is 0 Å². The molecule has 0 fully saturated rings. The van der Waals surface area contributed by atoms with Crippen LogP contribution in [0.1, 0.15) is 80.6 Å². The first-order valence-electron chi connectivity index (χ1n) is 20.1. The Kier molecular flexibility index (Phi) is 12.9. The van der Waals surface area contributed by atoms with Crippen molar-refractivity contribution in [3.8, 4) is 34.5 Å². The molecular weight excluding hydrogens is 761 g/mol. The van der Waals surface area contributed by atoms with Gasteiger partial charge < -0.3 is 39.4 Å². The average molecular weight is 809 g/mol. The van der Waals surface area contributed by atoms with Crippen molar-refractivity contribution in [2.45, 2.75) is 52.4 Å². The maximum Gasteiger partial charge on any atom is 0.344 e. The van der Waals surface area contributed by atoms with Crippen LogP contribution in [0, 0.1) is 0 Å². The van der Waals surface area contributed by atoms with E-state index in [0.717, 1.165) is 0 Å². The van der Waals surface area contributed by atoms with Crippen molar-refractivity contribution < 1.29 is 49.0 Å². The van der Waals surface area contributed by atoms with E-state index in [9.17, 15) is 30.0 Å². The van der Waals surface area contributed by atoms with Crippen molar-refractivity contribution >= 4 is 11.9 Å². The van der Waals surface area contributed by atoms with Crippen molar-refractivity contribution in [3.05, 3.63) is 176 Å². The molecule has 1 aliphatic rings. The van der Waals surface area contributed by atoms with Crippen LogP contribution < -0.4 is 9.47 Å². The van der Waals surface area contributed by atoms with Gasteiger partial charge in [-0.15, -0.1) is 0 Å². The predicted molar refractivity (Wildman–Crippen MR) is 226 cm³/mol. The van der Waals surface area contributed by atoms with E-state index in [4.69, 9.17) is 18.9 Å². The summed E-state index contributed by atoms with van der Waals surface area (Å²) in [4.78, 5) is 25.0. The van der Waals surface area contributed by atoms with Gasteiger partial charge in [-0.05, 0) is 80.6 Å². The van der Waals surface area contributed by atoms with Crippen LogP contribution >= 0.6 is 0 Å². The first kappa shape index (κ1) is 41.2. The quantitative estimate of drug-likeness (QED) is 0.111. The number of carbonyl (C=O) groups is 2. The third-order valence-electron chi connectivity index (χ3n) is 10.7. The van der Waals surface area contributed by atoms with Crippen LogP contribution in [-0.4, -0.2) is 58.8 Å². The minimum absolute atomic E-state index is 0.0673. The predicted octanol–water partition coefficient (Wildman–Crippen LogP) is 8.25. The Balaban J connectivity index is 1.36. The first-order valence-corrected chi connectivity index (χ1v) is 20.1. The van der Waals surface area contributed by atoms with Gasteiger partial charge in [0.15, 0.2) is 13.2 Å². The molecular formula is C50H48O10. The molecule has 0 atom stereocenters. The fraction of sp³-hybridized carbons (Fsp3) is 0.240. The SMILES string of the molecule is CCOC(=O)COc1c2cccc1Cc1cccc(c1O)Cc1cccc(c1O)Cc1cccc(c1OCC(=O)OCC)Cc1cccc(c1O)Cc1cccc(c1O)C2. The zero-order chi connectivity index (χ0) is 42.2. The van der Waals surface area contributed by atoms with Crippen molar-refractivity contribution in [1.29, 1.82) is 0 Å². The Morgan fingerprint density at radius 2 is 0.583 bits per heavy atom. The van der Waals surface area contributed by atoms with Gasteiger partial charge in [0.25, 0.3) is 0 Å². The number of carbonyl (C=O) groups excluding carboxylic acids is 2. The number of benzene rings is 6. The van der Waals surface area contributed by atoms with E-state index >= 15 is 0 Å². The van der Waals surface area contributed by atoms with Crippen molar-refractivity contribution in [2.75, 3.05) is 26.4 Å². The molecule has 12 bridgehead atoms. The number of ether oxygens (including phenoxy) is 4. The van der Waals surface area contributed by atoms with Crippen LogP contribution in [0.3, 0.4) is 0 Å². The highest BCUT2D eigenvalue weighted by atomic mass is 16.6. The Hall–Kier alpha value is -6.94. The fourth-order valence-corrected chi connectivity index (χ4v) is 7.82. The lowest BCUT2D eigenvalue weighted by atomic mass is 9.91. The van der Waals surface area contributed by atoms with E-state index in [-0.39, 0.29) is 88.0 Å². The Morgan fingerprint density at radius 1 is 0.383 bits per heavy atom. The second kappa shape index (κ2) is 18.8. The van der Waals surface area contributed by atoms with Crippen LogP contribution in [-0.2, 0) is 57.6 Å². The molecule has 4 N–H and O–H groups in total. The third-order valence-corrected chi connectivity index (χ3v) is 10.7. The number of esters is 2. The van der Waals surface area contributed by atoms with Gasteiger partial charge in [0.2, 0.25) is 0 Å². The number of phenolic OH excluding ortho intramolecular Hbond substituents is 4. The summed E-state index contributed by atoms with van der Waals surface area (Å²) in [6, 6.07) is 33.2. The summed E-state index contributed by atoms with van der Waals surface area (Å²) in [6.07, 6.45) is 1.47. The molecule has 0 radical (unpaired) electrons. The third kappa shape index (κ3) is 9.34. The van der Waals surface area contributed by atoms with Gasteiger partial charge in [0.05, 0.1) is 13.2 Å². The topological polar surface area (TPSA) is 152 Å². The molecule has 0 spiro atoms. The van der Waals surface area contributed by atoms with Crippen LogP contribution in [0.25, 0.3) is 0 Å². The monoisotopic (exact) mass is 808 g/mol. The second-order valence-electron chi connectivity index (χ2n) is 14.8. The molecule has 0 saturated heterocycles.